The fourth-order valence-corrected chi connectivity index (χ4v) is 2.08. The first-order valence-electron chi connectivity index (χ1n) is 5.65. The first-order chi connectivity index (χ1) is 7.33. The van der Waals surface area contributed by atoms with Crippen molar-refractivity contribution < 1.29 is 9.53 Å². The van der Waals surface area contributed by atoms with Gasteiger partial charge in [-0.3, -0.25) is 9.69 Å². The van der Waals surface area contributed by atoms with E-state index in [-0.39, 0.29) is 11.9 Å². The van der Waals surface area contributed by atoms with Crippen molar-refractivity contribution in [3.05, 3.63) is 0 Å². The van der Waals surface area contributed by atoms with Crippen LogP contribution in [0.15, 0.2) is 0 Å². The van der Waals surface area contributed by atoms with Crippen LogP contribution in [0.3, 0.4) is 0 Å². The molecule has 0 spiro atoms. The van der Waals surface area contributed by atoms with E-state index in [1.54, 1.807) is 0 Å². The zero-order chi connectivity index (χ0) is 10.7. The molecule has 2 N–H and O–H groups in total. The summed E-state index contributed by atoms with van der Waals surface area (Å²) in [5, 5.41) is 6.10. The third-order valence-corrected chi connectivity index (χ3v) is 3.05. The number of rotatable bonds is 3. The minimum absolute atomic E-state index is 0.0919. The SMILES string of the molecule is CCNC(=O)C1COCCN1C1CNC1. The number of hydrogen-bond acceptors (Lipinski definition) is 4. The van der Waals surface area contributed by atoms with E-state index in [1.165, 1.54) is 0 Å². The van der Waals surface area contributed by atoms with Gasteiger partial charge >= 0.3 is 0 Å². The van der Waals surface area contributed by atoms with Crippen molar-refractivity contribution in [1.82, 2.24) is 15.5 Å². The lowest BCUT2D eigenvalue weighted by Crippen LogP contribution is -2.65. The van der Waals surface area contributed by atoms with Gasteiger partial charge in [0.05, 0.1) is 13.2 Å². The van der Waals surface area contributed by atoms with Crippen molar-refractivity contribution in [3.63, 3.8) is 0 Å². The van der Waals surface area contributed by atoms with Crippen LogP contribution in [0, 0.1) is 0 Å². The molecule has 0 aromatic rings. The van der Waals surface area contributed by atoms with Gasteiger partial charge in [0.15, 0.2) is 0 Å². The summed E-state index contributed by atoms with van der Waals surface area (Å²) in [5.41, 5.74) is 0. The largest absolute Gasteiger partial charge is 0.378 e. The molecule has 0 saturated carbocycles. The van der Waals surface area contributed by atoms with Crippen LogP contribution in [0.4, 0.5) is 0 Å². The molecule has 2 rings (SSSR count). The van der Waals surface area contributed by atoms with Gasteiger partial charge < -0.3 is 15.4 Å². The maximum absolute atomic E-state index is 11.8. The highest BCUT2D eigenvalue weighted by atomic mass is 16.5. The Hall–Kier alpha value is -0.650. The number of nitrogens with zero attached hydrogens (tertiary/aromatic N) is 1. The molecule has 5 heteroatoms. The average molecular weight is 213 g/mol. The van der Waals surface area contributed by atoms with Crippen molar-refractivity contribution in [2.75, 3.05) is 39.4 Å². The van der Waals surface area contributed by atoms with Crippen LogP contribution in [0.5, 0.6) is 0 Å². The fourth-order valence-electron chi connectivity index (χ4n) is 2.08. The Labute approximate surface area is 90.1 Å². The summed E-state index contributed by atoms with van der Waals surface area (Å²) in [6.07, 6.45) is 0. The third-order valence-electron chi connectivity index (χ3n) is 3.05. The lowest BCUT2D eigenvalue weighted by Gasteiger charge is -2.44. The molecule has 1 amide bonds. The summed E-state index contributed by atoms with van der Waals surface area (Å²) >= 11 is 0. The number of carbonyl (C=O) groups is 1. The molecule has 0 aliphatic carbocycles. The number of nitrogens with one attached hydrogen (secondary N) is 2. The van der Waals surface area contributed by atoms with Crippen molar-refractivity contribution in [2.45, 2.75) is 19.0 Å². The zero-order valence-corrected chi connectivity index (χ0v) is 9.16. The van der Waals surface area contributed by atoms with Crippen LogP contribution in [-0.4, -0.2) is 62.3 Å². The molecule has 15 heavy (non-hydrogen) atoms. The minimum Gasteiger partial charge on any atom is -0.378 e. The third kappa shape index (κ3) is 2.30. The van der Waals surface area contributed by atoms with Gasteiger partial charge in [0.1, 0.15) is 6.04 Å². The Morgan fingerprint density at radius 2 is 2.40 bits per heavy atom. The predicted molar refractivity (Wildman–Crippen MR) is 56.7 cm³/mol. The normalized spacial score (nSPS) is 28.5. The first-order valence-corrected chi connectivity index (χ1v) is 5.65. The number of morpholine rings is 1. The van der Waals surface area contributed by atoms with Crippen LogP contribution >= 0.6 is 0 Å². The number of carbonyl (C=O) groups excluding carboxylic acids is 1. The molecule has 2 aliphatic heterocycles. The van der Waals surface area contributed by atoms with Crippen molar-refractivity contribution >= 4 is 5.91 Å². The average Bonchev–Trinajstić information content (AvgIpc) is 2.16. The Bertz CT molecular complexity index is 231. The molecule has 5 nitrogen and oxygen atoms in total. The van der Waals surface area contributed by atoms with E-state index in [4.69, 9.17) is 4.74 Å². The van der Waals surface area contributed by atoms with Gasteiger partial charge in [-0.1, -0.05) is 0 Å². The van der Waals surface area contributed by atoms with Gasteiger partial charge in [-0.2, -0.15) is 0 Å². The first kappa shape index (κ1) is 10.9. The van der Waals surface area contributed by atoms with Gasteiger partial charge in [0.2, 0.25) is 5.91 Å². The molecular weight excluding hydrogens is 194 g/mol. The van der Waals surface area contributed by atoms with Crippen molar-refractivity contribution in [1.29, 1.82) is 0 Å². The fraction of sp³-hybridized carbons (Fsp3) is 0.900. The van der Waals surface area contributed by atoms with E-state index >= 15 is 0 Å². The van der Waals surface area contributed by atoms with E-state index < -0.39 is 0 Å². The molecule has 2 heterocycles. The quantitative estimate of drug-likeness (QED) is 0.618. The molecule has 1 atom stereocenters. The van der Waals surface area contributed by atoms with Crippen LogP contribution in [0.25, 0.3) is 0 Å². The topological polar surface area (TPSA) is 53.6 Å². The highest BCUT2D eigenvalue weighted by Gasteiger charge is 2.36. The van der Waals surface area contributed by atoms with Crippen molar-refractivity contribution in [2.24, 2.45) is 0 Å². The summed E-state index contributed by atoms with van der Waals surface area (Å²) in [4.78, 5) is 14.1. The highest BCUT2D eigenvalue weighted by Crippen LogP contribution is 2.14. The van der Waals surface area contributed by atoms with Crippen LogP contribution < -0.4 is 10.6 Å². The standard InChI is InChI=1S/C10H19N3O2/c1-2-12-10(14)9-7-15-4-3-13(9)8-5-11-6-8/h8-9,11H,2-7H2,1H3,(H,12,14). The molecule has 2 aliphatic rings. The summed E-state index contributed by atoms with van der Waals surface area (Å²) in [5.74, 6) is 0.101. The lowest BCUT2D eigenvalue weighted by molar-refractivity contribution is -0.135. The molecular formula is C10H19N3O2. The molecule has 0 bridgehead atoms. The smallest absolute Gasteiger partial charge is 0.239 e. The lowest BCUT2D eigenvalue weighted by atomic mass is 10.1. The second-order valence-electron chi connectivity index (χ2n) is 4.04. The second kappa shape index (κ2) is 4.92. The van der Waals surface area contributed by atoms with Crippen LogP contribution in [-0.2, 0) is 9.53 Å². The van der Waals surface area contributed by atoms with E-state index in [9.17, 15) is 4.79 Å². The van der Waals surface area contributed by atoms with E-state index in [0.717, 1.165) is 26.2 Å². The zero-order valence-electron chi connectivity index (χ0n) is 9.16. The molecule has 0 aromatic carbocycles. The molecule has 0 radical (unpaired) electrons. The van der Waals surface area contributed by atoms with Crippen LogP contribution in [0.1, 0.15) is 6.92 Å². The van der Waals surface area contributed by atoms with Crippen molar-refractivity contribution in [3.8, 4) is 0 Å². The molecule has 2 fully saturated rings. The summed E-state index contributed by atoms with van der Waals surface area (Å²) < 4.78 is 5.38. The maximum atomic E-state index is 11.8. The van der Waals surface area contributed by atoms with Gasteiger partial charge in [-0.05, 0) is 6.92 Å². The Morgan fingerprint density at radius 3 is 3.00 bits per heavy atom. The van der Waals surface area contributed by atoms with E-state index in [0.29, 0.717) is 19.2 Å². The van der Waals surface area contributed by atoms with Gasteiger partial charge in [-0.25, -0.2) is 0 Å². The Morgan fingerprint density at radius 1 is 1.60 bits per heavy atom. The Kier molecular flexibility index (Phi) is 3.56. The number of amides is 1. The molecule has 0 aromatic heterocycles. The van der Waals surface area contributed by atoms with E-state index in [1.807, 2.05) is 6.92 Å². The monoisotopic (exact) mass is 213 g/mol. The summed E-state index contributed by atoms with van der Waals surface area (Å²) in [7, 11) is 0. The van der Waals surface area contributed by atoms with Gasteiger partial charge in [0, 0.05) is 32.2 Å². The number of ether oxygens (including phenoxy) is 1. The summed E-state index contributed by atoms with van der Waals surface area (Å²) in [6.45, 7) is 6.76. The van der Waals surface area contributed by atoms with E-state index in [2.05, 4.69) is 15.5 Å². The minimum atomic E-state index is -0.0919. The molecule has 1 unspecified atom stereocenters. The number of hydrogen-bond donors (Lipinski definition) is 2. The number of likely N-dealkylation sites (N-methyl/N-ethyl adjacent to an activating group) is 1. The maximum Gasteiger partial charge on any atom is 0.239 e. The predicted octanol–water partition coefficient (Wildman–Crippen LogP) is -1.20. The molecule has 2 saturated heterocycles. The second-order valence-corrected chi connectivity index (χ2v) is 4.04. The Balaban J connectivity index is 1.95. The van der Waals surface area contributed by atoms with Crippen LogP contribution in [0.2, 0.25) is 0 Å². The summed E-state index contributed by atoms with van der Waals surface area (Å²) in [6, 6.07) is 0.423. The highest BCUT2D eigenvalue weighted by molar-refractivity contribution is 5.82. The van der Waals surface area contributed by atoms with Gasteiger partial charge in [-0.15, -0.1) is 0 Å². The van der Waals surface area contributed by atoms with Gasteiger partial charge in [0.25, 0.3) is 0 Å². The molecule has 86 valence electrons.